The van der Waals surface area contributed by atoms with Crippen molar-refractivity contribution >= 4 is 5.91 Å². The first kappa shape index (κ1) is 13.8. The van der Waals surface area contributed by atoms with Crippen LogP contribution in [0.3, 0.4) is 0 Å². The molecule has 104 valence electrons. The molecule has 1 atom stereocenters. The molecule has 0 radical (unpaired) electrons. The molecule has 0 unspecified atom stereocenters. The predicted octanol–water partition coefficient (Wildman–Crippen LogP) is 1.23. The van der Waals surface area contributed by atoms with Crippen LogP contribution in [0.5, 0.6) is 0 Å². The summed E-state index contributed by atoms with van der Waals surface area (Å²) in [4.78, 5) is 16.6. The maximum Gasteiger partial charge on any atom is 0.237 e. The number of nitrogens with zero attached hydrogens (tertiary/aromatic N) is 2. The molecular weight excluding hydrogens is 228 g/mol. The smallest absolute Gasteiger partial charge is 0.237 e. The first-order valence-electron chi connectivity index (χ1n) is 7.29. The second-order valence-corrected chi connectivity index (χ2v) is 6.01. The highest BCUT2D eigenvalue weighted by atomic mass is 16.3. The standard InChI is InChI=1S/C14H26N2O2/c1-11(2)16(12-5-3-4-6-12)14(18)10-15-8-7-13(17)9-15/h11-13,17H,3-10H2,1-2H3/t13-/m1/s1. The molecule has 2 aliphatic rings. The van der Waals surface area contributed by atoms with Gasteiger partial charge in [-0.15, -0.1) is 0 Å². The Kier molecular flexibility index (Phi) is 4.62. The van der Waals surface area contributed by atoms with E-state index in [1.165, 1.54) is 12.8 Å². The zero-order chi connectivity index (χ0) is 13.1. The topological polar surface area (TPSA) is 43.8 Å². The number of β-amino-alcohol motifs (C(OH)–C–C–N with tert-alkyl or cyclic N) is 1. The van der Waals surface area contributed by atoms with Gasteiger partial charge in [0.2, 0.25) is 5.91 Å². The van der Waals surface area contributed by atoms with Crippen LogP contribution in [-0.4, -0.2) is 58.6 Å². The third-order valence-corrected chi connectivity index (χ3v) is 4.17. The zero-order valence-electron chi connectivity index (χ0n) is 11.6. The summed E-state index contributed by atoms with van der Waals surface area (Å²) in [5.41, 5.74) is 0. The summed E-state index contributed by atoms with van der Waals surface area (Å²) in [6.07, 6.45) is 5.39. The lowest BCUT2D eigenvalue weighted by Crippen LogP contribution is -2.48. The Bertz CT molecular complexity index is 288. The SMILES string of the molecule is CC(C)N(C(=O)CN1CC[C@@H](O)C1)C1CCCC1. The second kappa shape index (κ2) is 6.02. The van der Waals surface area contributed by atoms with E-state index in [1.807, 2.05) is 0 Å². The molecule has 1 N–H and O–H groups in total. The van der Waals surface area contributed by atoms with Gasteiger partial charge in [0.1, 0.15) is 0 Å². The van der Waals surface area contributed by atoms with Gasteiger partial charge in [0.15, 0.2) is 0 Å². The lowest BCUT2D eigenvalue weighted by Gasteiger charge is -2.34. The van der Waals surface area contributed by atoms with Crippen molar-refractivity contribution in [1.82, 2.24) is 9.80 Å². The van der Waals surface area contributed by atoms with Crippen LogP contribution in [-0.2, 0) is 4.79 Å². The molecule has 18 heavy (non-hydrogen) atoms. The fraction of sp³-hybridized carbons (Fsp3) is 0.929. The van der Waals surface area contributed by atoms with Gasteiger partial charge >= 0.3 is 0 Å². The average Bonchev–Trinajstić information content (AvgIpc) is 2.90. The molecule has 1 aliphatic carbocycles. The lowest BCUT2D eigenvalue weighted by molar-refractivity contribution is -0.136. The monoisotopic (exact) mass is 254 g/mol. The van der Waals surface area contributed by atoms with E-state index in [0.29, 0.717) is 19.1 Å². The molecule has 1 amide bonds. The van der Waals surface area contributed by atoms with Crippen LogP contribution in [0, 0.1) is 0 Å². The third-order valence-electron chi connectivity index (χ3n) is 4.17. The molecule has 2 fully saturated rings. The highest BCUT2D eigenvalue weighted by Crippen LogP contribution is 2.25. The minimum atomic E-state index is -0.239. The number of likely N-dealkylation sites (tertiary alicyclic amines) is 1. The molecule has 4 nitrogen and oxygen atoms in total. The Hall–Kier alpha value is -0.610. The minimum absolute atomic E-state index is 0.239. The van der Waals surface area contributed by atoms with Gasteiger partial charge in [-0.3, -0.25) is 9.69 Å². The molecule has 0 bridgehead atoms. The molecule has 4 heteroatoms. The summed E-state index contributed by atoms with van der Waals surface area (Å²) in [7, 11) is 0. The summed E-state index contributed by atoms with van der Waals surface area (Å²) in [6, 6.07) is 0.734. The Morgan fingerprint density at radius 1 is 1.33 bits per heavy atom. The van der Waals surface area contributed by atoms with E-state index >= 15 is 0 Å². The number of rotatable bonds is 4. The number of hydrogen-bond acceptors (Lipinski definition) is 3. The summed E-state index contributed by atoms with van der Waals surface area (Å²) >= 11 is 0. The van der Waals surface area contributed by atoms with Crippen molar-refractivity contribution in [3.8, 4) is 0 Å². The Morgan fingerprint density at radius 3 is 2.50 bits per heavy atom. The van der Waals surface area contributed by atoms with Crippen molar-refractivity contribution < 1.29 is 9.90 Å². The normalized spacial score (nSPS) is 26.1. The highest BCUT2D eigenvalue weighted by Gasteiger charge is 2.31. The van der Waals surface area contributed by atoms with Crippen LogP contribution in [0.15, 0.2) is 0 Å². The van der Waals surface area contributed by atoms with Crippen molar-refractivity contribution in [1.29, 1.82) is 0 Å². The first-order chi connectivity index (χ1) is 8.58. The van der Waals surface area contributed by atoms with Crippen LogP contribution in [0.25, 0.3) is 0 Å². The van der Waals surface area contributed by atoms with Crippen molar-refractivity contribution in [3.63, 3.8) is 0 Å². The van der Waals surface area contributed by atoms with E-state index in [2.05, 4.69) is 23.6 Å². The van der Waals surface area contributed by atoms with E-state index in [4.69, 9.17) is 0 Å². The number of aliphatic hydroxyl groups is 1. The molecule has 1 aliphatic heterocycles. The van der Waals surface area contributed by atoms with Gasteiger partial charge in [0.25, 0.3) is 0 Å². The van der Waals surface area contributed by atoms with Crippen LogP contribution >= 0.6 is 0 Å². The van der Waals surface area contributed by atoms with Crippen LogP contribution < -0.4 is 0 Å². The van der Waals surface area contributed by atoms with Crippen molar-refractivity contribution in [2.75, 3.05) is 19.6 Å². The molecule has 0 aromatic carbocycles. The van der Waals surface area contributed by atoms with Gasteiger partial charge in [0, 0.05) is 25.2 Å². The Labute approximate surface area is 110 Å². The fourth-order valence-electron chi connectivity index (χ4n) is 3.32. The number of carbonyl (C=O) groups is 1. The van der Waals surface area contributed by atoms with E-state index in [0.717, 1.165) is 25.8 Å². The molecule has 0 aromatic heterocycles. The van der Waals surface area contributed by atoms with E-state index in [1.54, 1.807) is 0 Å². The second-order valence-electron chi connectivity index (χ2n) is 6.01. The van der Waals surface area contributed by atoms with Crippen molar-refractivity contribution in [3.05, 3.63) is 0 Å². The zero-order valence-corrected chi connectivity index (χ0v) is 11.6. The number of aliphatic hydroxyl groups excluding tert-OH is 1. The molecular formula is C14H26N2O2. The van der Waals surface area contributed by atoms with Gasteiger partial charge in [-0.2, -0.15) is 0 Å². The molecule has 0 aromatic rings. The van der Waals surface area contributed by atoms with Gasteiger partial charge in [-0.1, -0.05) is 12.8 Å². The van der Waals surface area contributed by atoms with E-state index < -0.39 is 0 Å². The lowest BCUT2D eigenvalue weighted by atomic mass is 10.1. The van der Waals surface area contributed by atoms with Crippen molar-refractivity contribution in [2.45, 2.75) is 64.1 Å². The number of carbonyl (C=O) groups excluding carboxylic acids is 1. The van der Waals surface area contributed by atoms with Crippen LogP contribution in [0.4, 0.5) is 0 Å². The fourth-order valence-corrected chi connectivity index (χ4v) is 3.32. The summed E-state index contributed by atoms with van der Waals surface area (Å²) < 4.78 is 0. The largest absolute Gasteiger partial charge is 0.392 e. The number of hydrogen-bond donors (Lipinski definition) is 1. The molecule has 1 saturated heterocycles. The molecule has 2 rings (SSSR count). The summed E-state index contributed by atoms with van der Waals surface area (Å²) in [5, 5.41) is 9.51. The van der Waals surface area contributed by atoms with E-state index in [9.17, 15) is 9.90 Å². The maximum absolute atomic E-state index is 12.4. The first-order valence-corrected chi connectivity index (χ1v) is 7.29. The van der Waals surface area contributed by atoms with Crippen molar-refractivity contribution in [2.24, 2.45) is 0 Å². The van der Waals surface area contributed by atoms with Crippen LogP contribution in [0.1, 0.15) is 46.0 Å². The average molecular weight is 254 g/mol. The van der Waals surface area contributed by atoms with Gasteiger partial charge < -0.3 is 10.0 Å². The molecule has 1 heterocycles. The minimum Gasteiger partial charge on any atom is -0.392 e. The predicted molar refractivity (Wildman–Crippen MR) is 71.3 cm³/mol. The van der Waals surface area contributed by atoms with E-state index in [-0.39, 0.29) is 18.1 Å². The van der Waals surface area contributed by atoms with Gasteiger partial charge in [0.05, 0.1) is 12.6 Å². The highest BCUT2D eigenvalue weighted by molar-refractivity contribution is 5.79. The Morgan fingerprint density at radius 2 is 2.00 bits per heavy atom. The summed E-state index contributed by atoms with van der Waals surface area (Å²) in [6.45, 7) is 6.20. The van der Waals surface area contributed by atoms with Crippen LogP contribution in [0.2, 0.25) is 0 Å². The third kappa shape index (κ3) is 3.23. The Balaban J connectivity index is 1.91. The summed E-state index contributed by atoms with van der Waals surface area (Å²) in [5.74, 6) is 0.242. The van der Waals surface area contributed by atoms with Gasteiger partial charge in [-0.25, -0.2) is 0 Å². The molecule has 1 saturated carbocycles. The number of amides is 1. The molecule has 0 spiro atoms. The maximum atomic E-state index is 12.4. The van der Waals surface area contributed by atoms with Gasteiger partial charge in [-0.05, 0) is 33.1 Å². The quantitative estimate of drug-likeness (QED) is 0.820.